The van der Waals surface area contributed by atoms with Crippen molar-refractivity contribution in [2.75, 3.05) is 5.32 Å². The van der Waals surface area contributed by atoms with Crippen LogP contribution in [0.4, 0.5) is 5.69 Å². The van der Waals surface area contributed by atoms with Crippen LogP contribution >= 0.6 is 11.3 Å². The Balaban J connectivity index is 0.858. The summed E-state index contributed by atoms with van der Waals surface area (Å²) in [7, 11) is 0. The molecule has 2 unspecified atom stereocenters. The van der Waals surface area contributed by atoms with Crippen molar-refractivity contribution >= 4 is 86.8 Å². The SMILES string of the molecule is c1ccc(-c2cc3c(cc2CNc2ccc(C4=NC(c5ccc6c(c5)oc5ccccc56)NC(c5cccc6c5sc5ccccc56)N4)cc2)c2ccccc2n3-c2ccccc2)cc1. The van der Waals surface area contributed by atoms with Crippen LogP contribution in [0.3, 0.4) is 0 Å². The molecule has 1 aliphatic rings. The molecule has 0 aliphatic carbocycles. The van der Waals surface area contributed by atoms with Crippen LogP contribution in [0.25, 0.3) is 80.7 Å². The lowest BCUT2D eigenvalue weighted by Crippen LogP contribution is -2.45. The van der Waals surface area contributed by atoms with Gasteiger partial charge in [0.2, 0.25) is 0 Å². The molecule has 7 heteroatoms. The third kappa shape index (κ3) is 6.47. The molecule has 1 aliphatic heterocycles. The van der Waals surface area contributed by atoms with Crippen molar-refractivity contribution in [3.05, 3.63) is 229 Å². The van der Waals surface area contributed by atoms with Crippen molar-refractivity contribution < 1.29 is 4.42 Å². The van der Waals surface area contributed by atoms with E-state index in [2.05, 4.69) is 215 Å². The van der Waals surface area contributed by atoms with Gasteiger partial charge in [-0.05, 0) is 95.1 Å². The minimum atomic E-state index is -0.324. The fraction of sp³-hybridized carbons (Fsp3) is 0.0517. The number of benzene rings is 9. The van der Waals surface area contributed by atoms with Crippen molar-refractivity contribution in [1.29, 1.82) is 0 Å². The number of rotatable bonds is 8. The maximum atomic E-state index is 6.36. The number of furan rings is 1. The molecule has 0 bridgehead atoms. The van der Waals surface area contributed by atoms with Gasteiger partial charge in [0, 0.05) is 70.8 Å². The molecule has 65 heavy (non-hydrogen) atoms. The van der Waals surface area contributed by atoms with Crippen molar-refractivity contribution in [3.8, 4) is 16.8 Å². The summed E-state index contributed by atoms with van der Waals surface area (Å²) in [5.41, 5.74) is 13.2. The van der Waals surface area contributed by atoms with E-state index in [1.165, 1.54) is 64.2 Å². The van der Waals surface area contributed by atoms with Gasteiger partial charge in [0.15, 0.2) is 0 Å². The van der Waals surface area contributed by atoms with Gasteiger partial charge in [-0.15, -0.1) is 11.3 Å². The predicted octanol–water partition coefficient (Wildman–Crippen LogP) is 14.7. The van der Waals surface area contributed by atoms with Crippen molar-refractivity contribution in [3.63, 3.8) is 0 Å². The van der Waals surface area contributed by atoms with Gasteiger partial charge in [0.05, 0.1) is 11.0 Å². The number of hydrogen-bond donors (Lipinski definition) is 3. The zero-order chi connectivity index (χ0) is 42.8. The molecule has 3 aromatic heterocycles. The van der Waals surface area contributed by atoms with E-state index in [0.29, 0.717) is 6.54 Å². The molecular weight excluding hydrogens is 815 g/mol. The number of aliphatic imine (C=N–C) groups is 1. The quantitative estimate of drug-likeness (QED) is 0.142. The Morgan fingerprint density at radius 2 is 1.28 bits per heavy atom. The smallest absolute Gasteiger partial charge is 0.135 e. The lowest BCUT2D eigenvalue weighted by molar-refractivity contribution is 0.411. The predicted molar refractivity (Wildman–Crippen MR) is 271 cm³/mol. The van der Waals surface area contributed by atoms with E-state index < -0.39 is 0 Å². The Labute approximate surface area is 379 Å². The highest BCUT2D eigenvalue weighted by atomic mass is 32.1. The van der Waals surface area contributed by atoms with Gasteiger partial charge in [-0.25, -0.2) is 4.99 Å². The lowest BCUT2D eigenvalue weighted by Gasteiger charge is -2.32. The number of aromatic nitrogens is 1. The summed E-state index contributed by atoms with van der Waals surface area (Å²) in [4.78, 5) is 5.36. The average molecular weight is 856 g/mol. The van der Waals surface area contributed by atoms with Crippen LogP contribution in [0.15, 0.2) is 216 Å². The van der Waals surface area contributed by atoms with Crippen LogP contribution in [0.5, 0.6) is 0 Å². The second kappa shape index (κ2) is 15.4. The van der Waals surface area contributed by atoms with E-state index in [1.807, 2.05) is 23.5 Å². The van der Waals surface area contributed by atoms with E-state index in [9.17, 15) is 0 Å². The Hall–Kier alpha value is -7.97. The number of nitrogens with zero attached hydrogens (tertiary/aromatic N) is 2. The Kier molecular flexibility index (Phi) is 8.89. The third-order valence-electron chi connectivity index (χ3n) is 13.0. The van der Waals surface area contributed by atoms with Crippen molar-refractivity contribution in [2.24, 2.45) is 4.99 Å². The molecule has 310 valence electrons. The molecule has 0 fully saturated rings. The third-order valence-corrected chi connectivity index (χ3v) is 14.2. The summed E-state index contributed by atoms with van der Waals surface area (Å²) < 4.78 is 11.3. The number of para-hydroxylation sites is 3. The molecule has 0 spiro atoms. The molecule has 0 saturated carbocycles. The molecule has 0 amide bonds. The van der Waals surface area contributed by atoms with Crippen LogP contribution in [0.2, 0.25) is 0 Å². The molecule has 12 aromatic rings. The second-order valence-electron chi connectivity index (χ2n) is 16.8. The van der Waals surface area contributed by atoms with Gasteiger partial charge < -0.3 is 19.6 Å². The first-order chi connectivity index (χ1) is 32.2. The highest BCUT2D eigenvalue weighted by Crippen LogP contribution is 2.41. The largest absolute Gasteiger partial charge is 0.456 e. The van der Waals surface area contributed by atoms with Crippen LogP contribution in [-0.4, -0.2) is 10.4 Å². The Morgan fingerprint density at radius 3 is 2.14 bits per heavy atom. The standard InChI is InChI=1S/C58H41N5OS/c1-3-14-36(15-4-1)48-34-51-49(42-18-7-10-23-50(42)63(51)41-16-5-2-6-17-41)32-39(48)35-59-40-29-26-37(27-30-40)56-60-57(38-28-31-44-43-19-8-11-24-52(43)64-53(44)33-38)62-58(61-56)47-22-13-21-46-45-20-9-12-25-54(45)65-55(46)47/h1-34,57-59,62H,35H2,(H,60,61). The Morgan fingerprint density at radius 1 is 0.554 bits per heavy atom. The number of anilines is 1. The van der Waals surface area contributed by atoms with Crippen molar-refractivity contribution in [2.45, 2.75) is 18.9 Å². The molecule has 6 nitrogen and oxygen atoms in total. The highest BCUT2D eigenvalue weighted by Gasteiger charge is 2.28. The highest BCUT2D eigenvalue weighted by molar-refractivity contribution is 7.26. The first-order valence-electron chi connectivity index (χ1n) is 22.1. The molecule has 2 atom stereocenters. The van der Waals surface area contributed by atoms with E-state index >= 15 is 0 Å². The molecule has 13 rings (SSSR count). The number of fused-ring (bicyclic) bond motifs is 9. The van der Waals surface area contributed by atoms with Crippen LogP contribution in [0.1, 0.15) is 34.6 Å². The van der Waals surface area contributed by atoms with E-state index in [1.54, 1.807) is 0 Å². The summed E-state index contributed by atoms with van der Waals surface area (Å²) in [6, 6.07) is 73.6. The lowest BCUT2D eigenvalue weighted by atomic mass is 9.97. The normalized spacial score (nSPS) is 15.3. The van der Waals surface area contributed by atoms with Crippen LogP contribution in [-0.2, 0) is 6.54 Å². The fourth-order valence-electron chi connectivity index (χ4n) is 9.84. The minimum absolute atomic E-state index is 0.201. The molecule has 0 radical (unpaired) electrons. The molecular formula is C58H41N5OS. The molecule has 9 aromatic carbocycles. The Bertz CT molecular complexity index is 3790. The number of hydrogen-bond acceptors (Lipinski definition) is 6. The van der Waals surface area contributed by atoms with E-state index in [4.69, 9.17) is 9.41 Å². The summed E-state index contributed by atoms with van der Waals surface area (Å²) in [6.45, 7) is 0.654. The van der Waals surface area contributed by atoms with E-state index in [0.717, 1.165) is 50.3 Å². The minimum Gasteiger partial charge on any atom is -0.456 e. The van der Waals surface area contributed by atoms with Crippen LogP contribution < -0.4 is 16.0 Å². The van der Waals surface area contributed by atoms with E-state index in [-0.39, 0.29) is 12.3 Å². The summed E-state index contributed by atoms with van der Waals surface area (Å²) in [5, 5.41) is 18.7. The van der Waals surface area contributed by atoms with Gasteiger partial charge in [-0.2, -0.15) is 0 Å². The van der Waals surface area contributed by atoms with Gasteiger partial charge in [0.1, 0.15) is 29.3 Å². The molecule has 4 heterocycles. The van der Waals surface area contributed by atoms with Crippen molar-refractivity contribution in [1.82, 2.24) is 15.2 Å². The van der Waals surface area contributed by atoms with Gasteiger partial charge >= 0.3 is 0 Å². The first-order valence-corrected chi connectivity index (χ1v) is 22.9. The fourth-order valence-corrected chi connectivity index (χ4v) is 11.1. The number of nitrogens with one attached hydrogen (secondary N) is 3. The average Bonchev–Trinajstić information content (AvgIpc) is 4.05. The van der Waals surface area contributed by atoms with Gasteiger partial charge in [0.25, 0.3) is 0 Å². The maximum absolute atomic E-state index is 6.36. The number of amidine groups is 1. The van der Waals surface area contributed by atoms with Crippen LogP contribution in [0, 0.1) is 0 Å². The van der Waals surface area contributed by atoms with Gasteiger partial charge in [-0.3, -0.25) is 5.32 Å². The first kappa shape index (κ1) is 37.6. The number of thiophene rings is 1. The molecule has 3 N–H and O–H groups in total. The monoisotopic (exact) mass is 855 g/mol. The molecule has 0 saturated heterocycles. The maximum Gasteiger partial charge on any atom is 0.135 e. The summed E-state index contributed by atoms with van der Waals surface area (Å²) in [6.07, 6.45) is -0.525. The second-order valence-corrected chi connectivity index (χ2v) is 17.9. The van der Waals surface area contributed by atoms with Gasteiger partial charge in [-0.1, -0.05) is 133 Å². The summed E-state index contributed by atoms with van der Waals surface area (Å²) >= 11 is 1.84. The zero-order valence-corrected chi connectivity index (χ0v) is 36.0. The summed E-state index contributed by atoms with van der Waals surface area (Å²) in [5.74, 6) is 0.833. The zero-order valence-electron chi connectivity index (χ0n) is 35.2. The topological polar surface area (TPSA) is 66.5 Å².